The van der Waals surface area contributed by atoms with Gasteiger partial charge < -0.3 is 0 Å². The normalized spacial score (nSPS) is 19.0. The van der Waals surface area contributed by atoms with Crippen molar-refractivity contribution in [2.24, 2.45) is 20.4 Å². The fraction of sp³-hybridized carbons (Fsp3) is 0. The van der Waals surface area contributed by atoms with E-state index in [1.165, 1.54) is 0 Å². The Hall–Kier alpha value is -3.54. The molecule has 0 saturated carbocycles. The first-order valence-corrected chi connectivity index (χ1v) is 7.50. The molecule has 4 rings (SSSR count). The van der Waals surface area contributed by atoms with Gasteiger partial charge in [-0.05, 0) is 71.2 Å². The molecule has 0 N–H and O–H groups in total. The Morgan fingerprint density at radius 1 is 0.750 bits per heavy atom. The molecule has 0 unspecified atom stereocenters. The molecule has 0 saturated heterocycles. The molecule has 0 aliphatic carbocycles. The number of aromatic nitrogens is 2. The summed E-state index contributed by atoms with van der Waals surface area (Å²) in [4.78, 5) is 8.48. The highest BCUT2D eigenvalue weighted by molar-refractivity contribution is 5.79. The van der Waals surface area contributed by atoms with E-state index < -0.39 is 0 Å². The Morgan fingerprint density at radius 2 is 1.25 bits per heavy atom. The SMILES string of the molecule is C1=C/C(=C/c2cccn2/N=N/n2cccc2/C=C2\C=CC=N2)N=C1. The largest absolute Gasteiger partial charge is 0.257 e. The summed E-state index contributed by atoms with van der Waals surface area (Å²) < 4.78 is 3.42. The molecule has 0 bridgehead atoms. The number of hydrogen-bond acceptors (Lipinski definition) is 4. The van der Waals surface area contributed by atoms with Gasteiger partial charge in [0.05, 0.1) is 22.8 Å². The average Bonchev–Trinajstić information content (AvgIpc) is 3.36. The first-order valence-electron chi connectivity index (χ1n) is 7.50. The topological polar surface area (TPSA) is 59.3 Å². The van der Waals surface area contributed by atoms with Crippen LogP contribution in [0.5, 0.6) is 0 Å². The van der Waals surface area contributed by atoms with E-state index >= 15 is 0 Å². The van der Waals surface area contributed by atoms with Crippen LogP contribution in [0.4, 0.5) is 0 Å². The second-order valence-electron chi connectivity index (χ2n) is 5.15. The van der Waals surface area contributed by atoms with Crippen molar-refractivity contribution in [1.29, 1.82) is 0 Å². The van der Waals surface area contributed by atoms with Crippen LogP contribution in [0, 0.1) is 0 Å². The zero-order valence-electron chi connectivity index (χ0n) is 12.8. The minimum atomic E-state index is 0.891. The van der Waals surface area contributed by atoms with Gasteiger partial charge in [0.1, 0.15) is 0 Å². The Morgan fingerprint density at radius 3 is 1.67 bits per heavy atom. The van der Waals surface area contributed by atoms with Crippen molar-refractivity contribution in [3.05, 3.63) is 83.7 Å². The highest BCUT2D eigenvalue weighted by Gasteiger charge is 2.02. The van der Waals surface area contributed by atoms with Crippen LogP contribution in [0.3, 0.4) is 0 Å². The Balaban J connectivity index is 1.59. The Bertz CT molecular complexity index is 853. The molecule has 0 atom stereocenters. The molecule has 6 heteroatoms. The van der Waals surface area contributed by atoms with Crippen LogP contribution in [-0.2, 0) is 0 Å². The molecule has 24 heavy (non-hydrogen) atoms. The lowest BCUT2D eigenvalue weighted by atomic mass is 10.3. The average molecular weight is 314 g/mol. The van der Waals surface area contributed by atoms with Gasteiger partial charge in [-0.2, -0.15) is 0 Å². The van der Waals surface area contributed by atoms with Gasteiger partial charge in [0.2, 0.25) is 0 Å². The summed E-state index contributed by atoms with van der Waals surface area (Å²) in [6.07, 6.45) is 18.8. The summed E-state index contributed by atoms with van der Waals surface area (Å²) in [5.74, 6) is 0. The first kappa shape index (κ1) is 14.1. The van der Waals surface area contributed by atoms with Crippen LogP contribution in [0.2, 0.25) is 0 Å². The third-order valence-corrected chi connectivity index (χ3v) is 3.50. The minimum Gasteiger partial charge on any atom is -0.257 e. The lowest BCUT2D eigenvalue weighted by Crippen LogP contribution is -1.93. The Labute approximate surface area is 138 Å². The van der Waals surface area contributed by atoms with Gasteiger partial charge in [-0.1, -0.05) is 0 Å². The monoisotopic (exact) mass is 314 g/mol. The molecule has 2 aromatic heterocycles. The number of hydrogen-bond donors (Lipinski definition) is 0. The minimum absolute atomic E-state index is 0.891. The summed E-state index contributed by atoms with van der Waals surface area (Å²) in [6.45, 7) is 0. The molecule has 0 fully saturated rings. The van der Waals surface area contributed by atoms with Crippen LogP contribution in [-0.4, -0.2) is 21.8 Å². The van der Waals surface area contributed by atoms with Crippen molar-refractivity contribution >= 4 is 24.6 Å². The molecular weight excluding hydrogens is 300 g/mol. The molecule has 0 amide bonds. The molecule has 4 heterocycles. The Kier molecular flexibility index (Phi) is 3.69. The van der Waals surface area contributed by atoms with Crippen LogP contribution in [0.25, 0.3) is 12.2 Å². The van der Waals surface area contributed by atoms with E-state index in [2.05, 4.69) is 20.4 Å². The van der Waals surface area contributed by atoms with E-state index in [1.54, 1.807) is 21.8 Å². The standard InChI is InChI=1S/C18H14N6/c1-5-15(19-9-1)13-17-7-3-11-23(17)21-22-24-12-4-8-18(24)14-16-6-2-10-20-16/h1-14H/b15-13-,16-14+,22-21+. The van der Waals surface area contributed by atoms with Crippen LogP contribution in [0.1, 0.15) is 11.4 Å². The molecule has 2 aliphatic rings. The van der Waals surface area contributed by atoms with E-state index in [-0.39, 0.29) is 0 Å². The van der Waals surface area contributed by atoms with Crippen LogP contribution >= 0.6 is 0 Å². The molecule has 2 aromatic rings. The number of allylic oxidation sites excluding steroid dienone is 4. The molecule has 2 aliphatic heterocycles. The maximum absolute atomic E-state index is 4.28. The second-order valence-corrected chi connectivity index (χ2v) is 5.15. The van der Waals surface area contributed by atoms with Gasteiger partial charge in [0.25, 0.3) is 0 Å². The summed E-state index contributed by atoms with van der Waals surface area (Å²) in [5.41, 5.74) is 3.60. The lowest BCUT2D eigenvalue weighted by molar-refractivity contribution is 0.684. The highest BCUT2D eigenvalue weighted by atomic mass is 15.6. The van der Waals surface area contributed by atoms with Crippen LogP contribution in [0.15, 0.2) is 92.8 Å². The number of nitrogens with zero attached hydrogens (tertiary/aromatic N) is 6. The number of rotatable bonds is 4. The predicted molar refractivity (Wildman–Crippen MR) is 95.7 cm³/mol. The van der Waals surface area contributed by atoms with Crippen LogP contribution < -0.4 is 0 Å². The molecule has 116 valence electrons. The number of aliphatic imine (C=N–C) groups is 2. The maximum Gasteiger partial charge on any atom is 0.0685 e. The molecule has 0 radical (unpaired) electrons. The van der Waals surface area contributed by atoms with Crippen molar-refractivity contribution < 1.29 is 0 Å². The van der Waals surface area contributed by atoms with E-state index in [4.69, 9.17) is 0 Å². The quantitative estimate of drug-likeness (QED) is 0.768. The maximum atomic E-state index is 4.28. The van der Waals surface area contributed by atoms with Gasteiger partial charge in [0.15, 0.2) is 0 Å². The lowest BCUT2D eigenvalue weighted by Gasteiger charge is -2.00. The zero-order chi connectivity index (χ0) is 16.2. The van der Waals surface area contributed by atoms with Crippen molar-refractivity contribution in [1.82, 2.24) is 9.35 Å². The summed E-state index contributed by atoms with van der Waals surface area (Å²) in [7, 11) is 0. The fourth-order valence-corrected chi connectivity index (χ4v) is 2.35. The highest BCUT2D eigenvalue weighted by Crippen LogP contribution is 2.15. The summed E-state index contributed by atoms with van der Waals surface area (Å²) >= 11 is 0. The van der Waals surface area contributed by atoms with Gasteiger partial charge in [-0.15, -0.1) is 0 Å². The van der Waals surface area contributed by atoms with Gasteiger partial charge in [-0.25, -0.2) is 9.35 Å². The van der Waals surface area contributed by atoms with Crippen molar-refractivity contribution in [3.63, 3.8) is 0 Å². The van der Waals surface area contributed by atoms with Crippen molar-refractivity contribution in [2.45, 2.75) is 0 Å². The van der Waals surface area contributed by atoms with E-state index in [0.29, 0.717) is 0 Å². The fourth-order valence-electron chi connectivity index (χ4n) is 2.35. The van der Waals surface area contributed by atoms with Gasteiger partial charge in [-0.3, -0.25) is 9.98 Å². The second kappa shape index (κ2) is 6.29. The molecule has 0 aromatic carbocycles. The van der Waals surface area contributed by atoms with E-state index in [1.807, 2.05) is 73.1 Å². The van der Waals surface area contributed by atoms with Crippen molar-refractivity contribution in [2.75, 3.05) is 0 Å². The third-order valence-electron chi connectivity index (χ3n) is 3.50. The zero-order valence-corrected chi connectivity index (χ0v) is 12.8. The third kappa shape index (κ3) is 2.98. The summed E-state index contributed by atoms with van der Waals surface area (Å²) in [5, 5.41) is 8.57. The smallest absolute Gasteiger partial charge is 0.0685 e. The van der Waals surface area contributed by atoms with Crippen molar-refractivity contribution in [3.8, 4) is 0 Å². The molecule has 0 spiro atoms. The molecular formula is C18H14N6. The predicted octanol–water partition coefficient (Wildman–Crippen LogP) is 3.93. The van der Waals surface area contributed by atoms with E-state index in [0.717, 1.165) is 22.8 Å². The first-order chi connectivity index (χ1) is 11.9. The van der Waals surface area contributed by atoms with E-state index in [9.17, 15) is 0 Å². The van der Waals surface area contributed by atoms with Gasteiger partial charge in [0, 0.05) is 24.8 Å². The summed E-state index contributed by atoms with van der Waals surface area (Å²) in [6, 6.07) is 7.77. The molecule has 6 nitrogen and oxygen atoms in total. The van der Waals surface area contributed by atoms with Gasteiger partial charge >= 0.3 is 0 Å².